The van der Waals surface area contributed by atoms with Crippen LogP contribution in [0.4, 0.5) is 11.4 Å². The van der Waals surface area contributed by atoms with Crippen LogP contribution in [0.15, 0.2) is 43.0 Å². The van der Waals surface area contributed by atoms with E-state index in [0.717, 1.165) is 50.1 Å². The van der Waals surface area contributed by atoms with Crippen LogP contribution in [-0.4, -0.2) is 79.2 Å². The van der Waals surface area contributed by atoms with E-state index in [0.29, 0.717) is 35.7 Å². The number of likely N-dealkylation sites (tertiary alicyclic amines) is 1. The Balaban J connectivity index is 1.13. The largest absolute Gasteiger partial charge is 0.379 e. The monoisotopic (exact) mass is 543 g/mol. The predicted octanol–water partition coefficient (Wildman–Crippen LogP) is 3.32. The average molecular weight is 544 g/mol. The molecule has 6 rings (SSSR count). The zero-order chi connectivity index (χ0) is 27.5. The van der Waals surface area contributed by atoms with Crippen LogP contribution in [-0.2, 0) is 9.53 Å². The second-order valence-electron chi connectivity index (χ2n) is 10.5. The number of aryl methyl sites for hydroxylation is 1. The van der Waals surface area contributed by atoms with Crippen molar-refractivity contribution >= 4 is 28.7 Å². The minimum Gasteiger partial charge on any atom is -0.379 e. The van der Waals surface area contributed by atoms with Crippen LogP contribution in [0.1, 0.15) is 54.3 Å². The third-order valence-corrected chi connectivity index (χ3v) is 7.53. The van der Waals surface area contributed by atoms with Gasteiger partial charge in [-0.15, -0.1) is 5.10 Å². The standard InChI is InChI=1S/C28H33N9O3/c1-19-24(12-22(14-29-19)31-26(38)17-35-9-4-2-3-5-10-35)32-28(39)27-25-7-6-20(15-37(25)34-33-27)21-13-30-36(16-21)23-8-11-40-18-23/h6-7,12-16,23H,2-5,8-11,17-18H2,1H3,(H,31,38)(H,32,39). The Hall–Kier alpha value is -4.16. The van der Waals surface area contributed by atoms with E-state index >= 15 is 0 Å². The molecule has 0 aromatic carbocycles. The molecule has 208 valence electrons. The first-order chi connectivity index (χ1) is 19.5. The van der Waals surface area contributed by atoms with Crippen molar-refractivity contribution in [2.75, 3.05) is 43.5 Å². The number of pyridine rings is 2. The van der Waals surface area contributed by atoms with Crippen molar-refractivity contribution in [2.24, 2.45) is 0 Å². The molecule has 2 aliphatic heterocycles. The molecule has 4 aromatic heterocycles. The van der Waals surface area contributed by atoms with Crippen molar-refractivity contribution in [3.63, 3.8) is 0 Å². The third kappa shape index (κ3) is 5.73. The number of anilines is 2. The molecule has 2 fully saturated rings. The van der Waals surface area contributed by atoms with E-state index in [1.165, 1.54) is 12.8 Å². The maximum Gasteiger partial charge on any atom is 0.278 e. The van der Waals surface area contributed by atoms with Gasteiger partial charge in [0.2, 0.25) is 5.91 Å². The summed E-state index contributed by atoms with van der Waals surface area (Å²) in [6.45, 7) is 5.45. The zero-order valence-electron chi connectivity index (χ0n) is 22.5. The lowest BCUT2D eigenvalue weighted by Gasteiger charge is -2.19. The molecule has 1 unspecified atom stereocenters. The topological polar surface area (TPSA) is 132 Å². The van der Waals surface area contributed by atoms with Gasteiger partial charge in [0.05, 0.1) is 54.2 Å². The Kier molecular flexibility index (Phi) is 7.51. The van der Waals surface area contributed by atoms with Crippen molar-refractivity contribution < 1.29 is 14.3 Å². The highest BCUT2D eigenvalue weighted by molar-refractivity contribution is 6.08. The van der Waals surface area contributed by atoms with Crippen molar-refractivity contribution in [1.82, 2.24) is 34.5 Å². The first-order valence-electron chi connectivity index (χ1n) is 13.8. The molecule has 12 heteroatoms. The van der Waals surface area contributed by atoms with E-state index in [9.17, 15) is 9.59 Å². The lowest BCUT2D eigenvalue weighted by molar-refractivity contribution is -0.117. The SMILES string of the molecule is Cc1ncc(NC(=O)CN2CCCCCC2)cc1NC(=O)c1nnn2cc(-c3cnn(C4CCOC4)c3)ccc12. The quantitative estimate of drug-likeness (QED) is 0.363. The van der Waals surface area contributed by atoms with Gasteiger partial charge in [-0.2, -0.15) is 5.10 Å². The average Bonchev–Trinajstić information content (AvgIpc) is 3.69. The van der Waals surface area contributed by atoms with Gasteiger partial charge in [0.15, 0.2) is 5.69 Å². The van der Waals surface area contributed by atoms with Gasteiger partial charge >= 0.3 is 0 Å². The lowest BCUT2D eigenvalue weighted by Crippen LogP contribution is -2.34. The van der Waals surface area contributed by atoms with Crippen LogP contribution < -0.4 is 10.6 Å². The number of aromatic nitrogens is 6. The van der Waals surface area contributed by atoms with Gasteiger partial charge in [-0.25, -0.2) is 4.52 Å². The summed E-state index contributed by atoms with van der Waals surface area (Å²) in [4.78, 5) is 32.4. The van der Waals surface area contributed by atoms with E-state index in [-0.39, 0.29) is 17.6 Å². The van der Waals surface area contributed by atoms with Crippen LogP contribution in [0, 0.1) is 6.92 Å². The van der Waals surface area contributed by atoms with E-state index < -0.39 is 5.91 Å². The minimum atomic E-state index is -0.408. The molecule has 12 nitrogen and oxygen atoms in total. The number of carbonyl (C=O) groups is 2. The Labute approximate surface area is 231 Å². The van der Waals surface area contributed by atoms with Gasteiger partial charge in [0.1, 0.15) is 0 Å². The zero-order valence-corrected chi connectivity index (χ0v) is 22.5. The molecule has 40 heavy (non-hydrogen) atoms. The van der Waals surface area contributed by atoms with Crippen LogP contribution in [0.25, 0.3) is 16.6 Å². The fourth-order valence-electron chi connectivity index (χ4n) is 5.25. The fraction of sp³-hybridized carbons (Fsp3) is 0.429. The summed E-state index contributed by atoms with van der Waals surface area (Å²) in [5.74, 6) is -0.498. The summed E-state index contributed by atoms with van der Waals surface area (Å²) in [6.07, 6.45) is 12.9. The maximum atomic E-state index is 13.2. The summed E-state index contributed by atoms with van der Waals surface area (Å²) in [5, 5.41) is 18.6. The highest BCUT2D eigenvalue weighted by Crippen LogP contribution is 2.25. The summed E-state index contributed by atoms with van der Waals surface area (Å²) in [5.41, 5.74) is 4.29. The van der Waals surface area contributed by atoms with Gasteiger partial charge in [-0.3, -0.25) is 24.2 Å². The number of rotatable bonds is 7. The lowest BCUT2D eigenvalue weighted by atomic mass is 10.1. The van der Waals surface area contributed by atoms with E-state index in [1.807, 2.05) is 35.4 Å². The number of ether oxygens (including phenoxy) is 1. The molecule has 0 spiro atoms. The Morgan fingerprint density at radius 3 is 2.70 bits per heavy atom. The highest BCUT2D eigenvalue weighted by atomic mass is 16.5. The summed E-state index contributed by atoms with van der Waals surface area (Å²) in [7, 11) is 0. The number of amides is 2. The van der Waals surface area contributed by atoms with E-state index in [4.69, 9.17) is 4.74 Å². The van der Waals surface area contributed by atoms with Crippen LogP contribution in [0.5, 0.6) is 0 Å². The molecule has 2 aliphatic rings. The van der Waals surface area contributed by atoms with Crippen LogP contribution >= 0.6 is 0 Å². The molecule has 2 saturated heterocycles. The van der Waals surface area contributed by atoms with Crippen molar-refractivity contribution in [3.05, 3.63) is 54.4 Å². The number of nitrogens with zero attached hydrogens (tertiary/aromatic N) is 7. The molecule has 4 aromatic rings. The summed E-state index contributed by atoms with van der Waals surface area (Å²) < 4.78 is 9.00. The molecule has 0 saturated carbocycles. The van der Waals surface area contributed by atoms with Gasteiger partial charge in [-0.1, -0.05) is 24.1 Å². The fourth-order valence-corrected chi connectivity index (χ4v) is 5.25. The summed E-state index contributed by atoms with van der Waals surface area (Å²) in [6, 6.07) is 5.72. The molecular formula is C28H33N9O3. The normalized spacial score (nSPS) is 18.1. The first-order valence-corrected chi connectivity index (χ1v) is 13.8. The van der Waals surface area contributed by atoms with E-state index in [2.05, 4.69) is 35.9 Å². The van der Waals surface area contributed by atoms with Crippen molar-refractivity contribution in [3.8, 4) is 11.1 Å². The van der Waals surface area contributed by atoms with Crippen LogP contribution in [0.3, 0.4) is 0 Å². The molecular weight excluding hydrogens is 510 g/mol. The molecule has 0 bridgehead atoms. The second-order valence-corrected chi connectivity index (χ2v) is 10.5. The number of carbonyl (C=O) groups excluding carboxylic acids is 2. The predicted molar refractivity (Wildman–Crippen MR) is 149 cm³/mol. The highest BCUT2D eigenvalue weighted by Gasteiger charge is 2.20. The Morgan fingerprint density at radius 2 is 1.90 bits per heavy atom. The van der Waals surface area contributed by atoms with Crippen molar-refractivity contribution in [2.45, 2.75) is 45.1 Å². The van der Waals surface area contributed by atoms with Gasteiger partial charge in [0.25, 0.3) is 5.91 Å². The Bertz CT molecular complexity index is 1510. The van der Waals surface area contributed by atoms with Gasteiger partial charge in [0, 0.05) is 30.1 Å². The molecule has 2 amide bonds. The van der Waals surface area contributed by atoms with Crippen LogP contribution in [0.2, 0.25) is 0 Å². The van der Waals surface area contributed by atoms with Crippen molar-refractivity contribution in [1.29, 1.82) is 0 Å². The molecule has 0 radical (unpaired) electrons. The molecule has 2 N–H and O–H groups in total. The number of nitrogens with one attached hydrogen (secondary N) is 2. The Morgan fingerprint density at radius 1 is 1.05 bits per heavy atom. The smallest absolute Gasteiger partial charge is 0.278 e. The number of fused-ring (bicyclic) bond motifs is 1. The second kappa shape index (κ2) is 11.5. The van der Waals surface area contributed by atoms with Gasteiger partial charge < -0.3 is 15.4 Å². The minimum absolute atomic E-state index is 0.0907. The third-order valence-electron chi connectivity index (χ3n) is 7.53. The number of hydrogen-bond acceptors (Lipinski definition) is 8. The number of hydrogen-bond donors (Lipinski definition) is 2. The molecule has 6 heterocycles. The van der Waals surface area contributed by atoms with Gasteiger partial charge in [-0.05, 0) is 51.4 Å². The molecule has 1 atom stereocenters. The van der Waals surface area contributed by atoms with E-state index in [1.54, 1.807) is 23.7 Å². The molecule has 0 aliphatic carbocycles. The summed E-state index contributed by atoms with van der Waals surface area (Å²) >= 11 is 0. The first kappa shape index (κ1) is 26.1. The maximum absolute atomic E-state index is 13.2.